The summed E-state index contributed by atoms with van der Waals surface area (Å²) in [6.45, 7) is 0. The highest BCUT2D eigenvalue weighted by molar-refractivity contribution is 5.73. The second-order valence-corrected chi connectivity index (χ2v) is 5.84. The summed E-state index contributed by atoms with van der Waals surface area (Å²) < 4.78 is 45.5. The standard InChI is InChI=1S/C18H14F3N3O4/c19-18(20,21)27-13-7-5-12(6-8-13)16-23-15(24-28-16)11-3-1-10(2-4-11)9-14(22)17(25)26/h1-8,14H,9,22H2,(H,25,26)/t14-/m0/s1. The van der Waals surface area contributed by atoms with Crippen LogP contribution in [0.2, 0.25) is 0 Å². The molecular weight excluding hydrogens is 379 g/mol. The van der Waals surface area contributed by atoms with Crippen molar-refractivity contribution < 1.29 is 32.3 Å². The molecule has 1 heterocycles. The van der Waals surface area contributed by atoms with E-state index in [1.54, 1.807) is 24.3 Å². The number of aromatic nitrogens is 2. The molecule has 0 radical (unpaired) electrons. The van der Waals surface area contributed by atoms with Crippen molar-refractivity contribution >= 4 is 5.97 Å². The van der Waals surface area contributed by atoms with Crippen LogP contribution in [0.5, 0.6) is 5.75 Å². The topological polar surface area (TPSA) is 111 Å². The molecule has 10 heteroatoms. The van der Waals surface area contributed by atoms with Crippen molar-refractivity contribution in [2.75, 3.05) is 0 Å². The van der Waals surface area contributed by atoms with Gasteiger partial charge in [0, 0.05) is 11.1 Å². The molecule has 3 aromatic rings. The monoisotopic (exact) mass is 393 g/mol. The van der Waals surface area contributed by atoms with Gasteiger partial charge in [0.05, 0.1) is 0 Å². The summed E-state index contributed by atoms with van der Waals surface area (Å²) in [6.07, 6.45) is -4.58. The third-order valence-corrected chi connectivity index (χ3v) is 3.75. The molecule has 0 unspecified atom stereocenters. The van der Waals surface area contributed by atoms with Gasteiger partial charge in [-0.2, -0.15) is 4.98 Å². The number of ether oxygens (including phenoxy) is 1. The lowest BCUT2D eigenvalue weighted by Gasteiger charge is -2.08. The van der Waals surface area contributed by atoms with Gasteiger partial charge in [0.2, 0.25) is 5.82 Å². The number of alkyl halides is 3. The molecule has 0 saturated carbocycles. The van der Waals surface area contributed by atoms with Gasteiger partial charge in [0.1, 0.15) is 11.8 Å². The lowest BCUT2D eigenvalue weighted by atomic mass is 10.0. The molecule has 1 atom stereocenters. The van der Waals surface area contributed by atoms with E-state index in [0.29, 0.717) is 11.1 Å². The van der Waals surface area contributed by atoms with E-state index in [1.165, 1.54) is 12.1 Å². The molecule has 3 N–H and O–H groups in total. The number of aliphatic carboxylic acids is 1. The molecule has 2 aromatic carbocycles. The van der Waals surface area contributed by atoms with Crippen LogP contribution in [0.4, 0.5) is 13.2 Å². The maximum Gasteiger partial charge on any atom is 0.573 e. The fourth-order valence-corrected chi connectivity index (χ4v) is 2.39. The normalized spacial score (nSPS) is 12.6. The van der Waals surface area contributed by atoms with Gasteiger partial charge in [-0.05, 0) is 36.2 Å². The molecule has 146 valence electrons. The van der Waals surface area contributed by atoms with E-state index >= 15 is 0 Å². The van der Waals surface area contributed by atoms with Crippen LogP contribution in [-0.2, 0) is 11.2 Å². The molecule has 1 aromatic heterocycles. The maximum atomic E-state index is 12.2. The Morgan fingerprint density at radius 1 is 1.11 bits per heavy atom. The van der Waals surface area contributed by atoms with Gasteiger partial charge in [0.25, 0.3) is 5.89 Å². The van der Waals surface area contributed by atoms with Crippen molar-refractivity contribution in [3.05, 3.63) is 54.1 Å². The minimum absolute atomic E-state index is 0.130. The Hall–Kier alpha value is -3.40. The Labute approximate surface area is 156 Å². The lowest BCUT2D eigenvalue weighted by molar-refractivity contribution is -0.274. The van der Waals surface area contributed by atoms with E-state index in [-0.39, 0.29) is 23.9 Å². The van der Waals surface area contributed by atoms with Gasteiger partial charge in [-0.15, -0.1) is 13.2 Å². The third kappa shape index (κ3) is 4.86. The van der Waals surface area contributed by atoms with Gasteiger partial charge in [0.15, 0.2) is 0 Å². The molecule has 3 rings (SSSR count). The number of carboxylic acid groups (broad SMARTS) is 1. The summed E-state index contributed by atoms with van der Waals surface area (Å²) in [5, 5.41) is 12.7. The van der Waals surface area contributed by atoms with Crippen molar-refractivity contribution in [3.8, 4) is 28.6 Å². The van der Waals surface area contributed by atoms with Crippen molar-refractivity contribution in [1.29, 1.82) is 0 Å². The first-order valence-electron chi connectivity index (χ1n) is 7.99. The van der Waals surface area contributed by atoms with Crippen molar-refractivity contribution in [2.45, 2.75) is 18.8 Å². The number of nitrogens with zero attached hydrogens (tertiary/aromatic N) is 2. The molecule has 0 spiro atoms. The second kappa shape index (κ2) is 7.69. The summed E-state index contributed by atoms with van der Waals surface area (Å²) in [5.41, 5.74) is 7.29. The predicted octanol–water partition coefficient (Wildman–Crippen LogP) is 3.26. The van der Waals surface area contributed by atoms with E-state index in [1.807, 2.05) is 0 Å². The molecule has 0 aliphatic heterocycles. The Bertz CT molecular complexity index is 953. The van der Waals surface area contributed by atoms with Crippen molar-refractivity contribution in [3.63, 3.8) is 0 Å². The minimum atomic E-state index is -4.76. The van der Waals surface area contributed by atoms with E-state index in [0.717, 1.165) is 17.7 Å². The highest BCUT2D eigenvalue weighted by atomic mass is 19.4. The zero-order valence-electron chi connectivity index (χ0n) is 14.2. The van der Waals surface area contributed by atoms with Crippen LogP contribution in [0.15, 0.2) is 53.1 Å². The smallest absolute Gasteiger partial charge is 0.480 e. The average Bonchev–Trinajstić information content (AvgIpc) is 3.11. The number of halogens is 3. The van der Waals surface area contributed by atoms with Crippen LogP contribution in [-0.4, -0.2) is 33.6 Å². The Morgan fingerprint density at radius 3 is 2.29 bits per heavy atom. The second-order valence-electron chi connectivity index (χ2n) is 5.84. The van der Waals surface area contributed by atoms with Crippen LogP contribution < -0.4 is 10.5 Å². The third-order valence-electron chi connectivity index (χ3n) is 3.75. The molecule has 0 bridgehead atoms. The molecule has 0 amide bonds. The number of hydrogen-bond donors (Lipinski definition) is 2. The first kappa shape index (κ1) is 19.4. The zero-order valence-corrected chi connectivity index (χ0v) is 14.2. The minimum Gasteiger partial charge on any atom is -0.480 e. The summed E-state index contributed by atoms with van der Waals surface area (Å²) in [6, 6.07) is 10.8. The fraction of sp³-hybridized carbons (Fsp3) is 0.167. The molecular formula is C18H14F3N3O4. The van der Waals surface area contributed by atoms with Crippen molar-refractivity contribution in [1.82, 2.24) is 10.1 Å². The van der Waals surface area contributed by atoms with Crippen LogP contribution in [0, 0.1) is 0 Å². The lowest BCUT2D eigenvalue weighted by Crippen LogP contribution is -2.32. The highest BCUT2D eigenvalue weighted by Crippen LogP contribution is 2.27. The molecule has 0 fully saturated rings. The van der Waals surface area contributed by atoms with Crippen LogP contribution in [0.3, 0.4) is 0 Å². The number of rotatable bonds is 6. The highest BCUT2D eigenvalue weighted by Gasteiger charge is 2.31. The van der Waals surface area contributed by atoms with Crippen LogP contribution in [0.1, 0.15) is 5.56 Å². The van der Waals surface area contributed by atoms with Gasteiger partial charge in [-0.1, -0.05) is 29.4 Å². The zero-order chi connectivity index (χ0) is 20.3. The van der Waals surface area contributed by atoms with Crippen molar-refractivity contribution in [2.24, 2.45) is 5.73 Å². The summed E-state index contributed by atoms with van der Waals surface area (Å²) in [7, 11) is 0. The molecule has 7 nitrogen and oxygen atoms in total. The Kier molecular flexibility index (Phi) is 5.32. The van der Waals surface area contributed by atoms with Gasteiger partial charge >= 0.3 is 12.3 Å². The van der Waals surface area contributed by atoms with Crippen LogP contribution >= 0.6 is 0 Å². The fourth-order valence-electron chi connectivity index (χ4n) is 2.39. The first-order chi connectivity index (χ1) is 13.2. The summed E-state index contributed by atoms with van der Waals surface area (Å²) in [5.74, 6) is -1.03. The molecule has 0 aliphatic carbocycles. The van der Waals surface area contributed by atoms with E-state index in [4.69, 9.17) is 15.4 Å². The average molecular weight is 393 g/mol. The molecule has 0 saturated heterocycles. The quantitative estimate of drug-likeness (QED) is 0.661. The largest absolute Gasteiger partial charge is 0.573 e. The number of carboxylic acids is 1. The predicted molar refractivity (Wildman–Crippen MR) is 91.2 cm³/mol. The van der Waals surface area contributed by atoms with Gasteiger partial charge in [-0.25, -0.2) is 0 Å². The number of hydrogen-bond acceptors (Lipinski definition) is 6. The van der Waals surface area contributed by atoms with Gasteiger partial charge in [-0.3, -0.25) is 4.79 Å². The number of nitrogens with two attached hydrogens (primary N) is 1. The number of benzene rings is 2. The Balaban J connectivity index is 1.72. The van der Waals surface area contributed by atoms with E-state index in [2.05, 4.69) is 14.9 Å². The van der Waals surface area contributed by atoms with E-state index in [9.17, 15) is 18.0 Å². The van der Waals surface area contributed by atoms with E-state index < -0.39 is 18.4 Å². The van der Waals surface area contributed by atoms with Gasteiger partial charge < -0.3 is 20.1 Å². The Morgan fingerprint density at radius 2 is 1.71 bits per heavy atom. The SMILES string of the molecule is N[C@@H](Cc1ccc(-c2noc(-c3ccc(OC(F)(F)F)cc3)n2)cc1)C(=O)O. The number of carbonyl (C=O) groups is 1. The van der Waals surface area contributed by atoms with Crippen LogP contribution in [0.25, 0.3) is 22.8 Å². The summed E-state index contributed by atoms with van der Waals surface area (Å²) in [4.78, 5) is 15.0. The molecule has 0 aliphatic rings. The molecule has 28 heavy (non-hydrogen) atoms. The maximum absolute atomic E-state index is 12.2. The first-order valence-corrected chi connectivity index (χ1v) is 7.99. The summed E-state index contributed by atoms with van der Waals surface area (Å²) >= 11 is 0.